The highest BCUT2D eigenvalue weighted by Crippen LogP contribution is 2.57. The molecule has 0 amide bonds. The van der Waals surface area contributed by atoms with Crippen LogP contribution in [0, 0.1) is 5.41 Å². The van der Waals surface area contributed by atoms with Gasteiger partial charge in [-0.25, -0.2) is 4.68 Å². The van der Waals surface area contributed by atoms with Crippen LogP contribution in [0.25, 0.3) is 5.69 Å². The Hall–Kier alpha value is -1.75. The van der Waals surface area contributed by atoms with Crippen molar-refractivity contribution in [3.8, 4) is 5.69 Å². The summed E-state index contributed by atoms with van der Waals surface area (Å²) in [6, 6.07) is 8.30. The van der Waals surface area contributed by atoms with Crippen molar-refractivity contribution in [1.82, 2.24) is 20.2 Å². The highest BCUT2D eigenvalue weighted by Gasteiger charge is 2.52. The van der Waals surface area contributed by atoms with Crippen LogP contribution >= 0.6 is 0 Å². The van der Waals surface area contributed by atoms with Crippen LogP contribution in [0.4, 0.5) is 0 Å². The van der Waals surface area contributed by atoms with Gasteiger partial charge in [0.15, 0.2) is 0 Å². The zero-order valence-electron chi connectivity index (χ0n) is 11.9. The molecular weight excluding hydrogens is 252 g/mol. The van der Waals surface area contributed by atoms with Gasteiger partial charge >= 0.3 is 0 Å². The van der Waals surface area contributed by atoms with Gasteiger partial charge in [-0.15, -0.1) is 5.10 Å². The van der Waals surface area contributed by atoms with E-state index in [4.69, 9.17) is 0 Å². The lowest BCUT2D eigenvalue weighted by Gasteiger charge is -2.54. The normalized spacial score (nSPS) is 24.4. The van der Waals surface area contributed by atoms with E-state index >= 15 is 0 Å². The second-order valence-corrected chi connectivity index (χ2v) is 5.59. The Balaban J connectivity index is 1.94. The van der Waals surface area contributed by atoms with Gasteiger partial charge in [-0.3, -0.25) is 0 Å². The van der Waals surface area contributed by atoms with Gasteiger partial charge in [-0.2, -0.15) is 0 Å². The van der Waals surface area contributed by atoms with Crippen molar-refractivity contribution in [2.75, 3.05) is 0 Å². The van der Waals surface area contributed by atoms with Gasteiger partial charge in [-0.05, 0) is 53.3 Å². The van der Waals surface area contributed by atoms with Crippen molar-refractivity contribution in [2.45, 2.75) is 45.1 Å². The molecule has 5 nitrogen and oxygen atoms in total. The molecule has 1 fully saturated rings. The molecule has 0 saturated heterocycles. The second-order valence-electron chi connectivity index (χ2n) is 5.59. The first kappa shape index (κ1) is 13.2. The molecule has 2 unspecified atom stereocenters. The Labute approximate surface area is 118 Å². The lowest BCUT2D eigenvalue weighted by atomic mass is 9.53. The summed E-state index contributed by atoms with van der Waals surface area (Å²) in [6.45, 7) is 4.34. The van der Waals surface area contributed by atoms with Crippen LogP contribution in [0.15, 0.2) is 30.6 Å². The minimum Gasteiger partial charge on any atom is -0.393 e. The predicted molar refractivity (Wildman–Crippen MR) is 75.5 cm³/mol. The van der Waals surface area contributed by atoms with E-state index < -0.39 is 0 Å². The van der Waals surface area contributed by atoms with Gasteiger partial charge in [0, 0.05) is 5.41 Å². The number of hydrogen-bond donors (Lipinski definition) is 1. The first-order valence-electron chi connectivity index (χ1n) is 7.22. The number of tetrazole rings is 1. The molecule has 1 aliphatic rings. The van der Waals surface area contributed by atoms with Crippen LogP contribution in [-0.2, 0) is 0 Å². The molecule has 1 N–H and O–H groups in total. The zero-order chi connectivity index (χ0) is 14.2. The van der Waals surface area contributed by atoms with Gasteiger partial charge in [0.1, 0.15) is 6.33 Å². The first-order valence-corrected chi connectivity index (χ1v) is 7.22. The Kier molecular flexibility index (Phi) is 3.30. The molecule has 1 heterocycles. The fraction of sp³-hybridized carbons (Fsp3) is 0.533. The van der Waals surface area contributed by atoms with Crippen molar-refractivity contribution in [3.05, 3.63) is 36.2 Å². The SMILES string of the molecule is CCC1(CC)C(O)CC1c1cccc(-n2cnnn2)c1. The Morgan fingerprint density at radius 1 is 1.35 bits per heavy atom. The van der Waals surface area contributed by atoms with E-state index in [1.54, 1.807) is 11.0 Å². The molecule has 3 rings (SSSR count). The van der Waals surface area contributed by atoms with Crippen LogP contribution in [0.3, 0.4) is 0 Å². The molecule has 0 bridgehead atoms. The number of hydrogen-bond acceptors (Lipinski definition) is 4. The van der Waals surface area contributed by atoms with Crippen molar-refractivity contribution < 1.29 is 5.11 Å². The maximum absolute atomic E-state index is 10.2. The van der Waals surface area contributed by atoms with Crippen molar-refractivity contribution in [3.63, 3.8) is 0 Å². The quantitative estimate of drug-likeness (QED) is 0.927. The van der Waals surface area contributed by atoms with E-state index in [2.05, 4.69) is 41.5 Å². The summed E-state index contributed by atoms with van der Waals surface area (Å²) >= 11 is 0. The number of benzene rings is 1. The fourth-order valence-corrected chi connectivity index (χ4v) is 3.61. The van der Waals surface area contributed by atoms with E-state index in [1.165, 1.54) is 5.56 Å². The summed E-state index contributed by atoms with van der Waals surface area (Å²) in [7, 11) is 0. The lowest BCUT2D eigenvalue weighted by Crippen LogP contribution is -2.50. The smallest absolute Gasteiger partial charge is 0.143 e. The average Bonchev–Trinajstić information content (AvgIpc) is 3.00. The Morgan fingerprint density at radius 3 is 2.75 bits per heavy atom. The molecule has 1 aromatic carbocycles. The van der Waals surface area contributed by atoms with E-state index in [9.17, 15) is 5.11 Å². The monoisotopic (exact) mass is 272 g/mol. The maximum Gasteiger partial charge on any atom is 0.143 e. The molecule has 1 saturated carbocycles. The molecule has 106 valence electrons. The summed E-state index contributed by atoms with van der Waals surface area (Å²) < 4.78 is 1.66. The standard InChI is InChI=1S/C15H20N4O/c1-3-15(4-2)13(9-14(15)20)11-6-5-7-12(8-11)19-10-16-17-18-19/h5-8,10,13-14,20H,3-4,9H2,1-2H3. The van der Waals surface area contributed by atoms with Gasteiger partial charge in [-0.1, -0.05) is 26.0 Å². The largest absolute Gasteiger partial charge is 0.393 e. The first-order chi connectivity index (χ1) is 9.71. The predicted octanol–water partition coefficient (Wildman–Crippen LogP) is 2.32. The minimum absolute atomic E-state index is 0.0270. The molecule has 2 aromatic rings. The molecule has 2 atom stereocenters. The lowest BCUT2D eigenvalue weighted by molar-refractivity contribution is -0.0932. The highest BCUT2D eigenvalue weighted by molar-refractivity contribution is 5.38. The molecule has 5 heteroatoms. The van der Waals surface area contributed by atoms with Gasteiger partial charge in [0.25, 0.3) is 0 Å². The maximum atomic E-state index is 10.2. The minimum atomic E-state index is -0.181. The molecule has 0 spiro atoms. The number of rotatable bonds is 4. The molecule has 0 radical (unpaired) electrons. The summed E-state index contributed by atoms with van der Waals surface area (Å²) in [6.07, 6.45) is 4.27. The third-order valence-corrected chi connectivity index (χ3v) is 5.02. The average molecular weight is 272 g/mol. The van der Waals surface area contributed by atoms with Crippen LogP contribution in [-0.4, -0.2) is 31.4 Å². The molecular formula is C15H20N4O. The zero-order valence-corrected chi connectivity index (χ0v) is 11.9. The number of aromatic nitrogens is 4. The van der Waals surface area contributed by atoms with Gasteiger partial charge in [0.2, 0.25) is 0 Å². The van der Waals surface area contributed by atoms with Crippen LogP contribution < -0.4 is 0 Å². The van der Waals surface area contributed by atoms with Gasteiger partial charge < -0.3 is 5.11 Å². The second kappa shape index (κ2) is 4.98. The summed E-state index contributed by atoms with van der Waals surface area (Å²) in [5.74, 6) is 0.420. The van der Waals surface area contributed by atoms with E-state index in [1.807, 2.05) is 12.1 Å². The van der Waals surface area contributed by atoms with Crippen LogP contribution in [0.2, 0.25) is 0 Å². The number of aliphatic hydroxyl groups excluding tert-OH is 1. The number of nitrogens with zero attached hydrogens (tertiary/aromatic N) is 4. The van der Waals surface area contributed by atoms with Crippen molar-refractivity contribution in [2.24, 2.45) is 5.41 Å². The van der Waals surface area contributed by atoms with E-state index in [0.29, 0.717) is 5.92 Å². The summed E-state index contributed by atoms with van der Waals surface area (Å²) in [5, 5.41) is 21.5. The molecule has 1 aromatic heterocycles. The third kappa shape index (κ3) is 1.85. The fourth-order valence-electron chi connectivity index (χ4n) is 3.61. The topological polar surface area (TPSA) is 63.8 Å². The molecule has 1 aliphatic carbocycles. The molecule has 20 heavy (non-hydrogen) atoms. The van der Waals surface area contributed by atoms with E-state index in [-0.39, 0.29) is 11.5 Å². The van der Waals surface area contributed by atoms with Crippen molar-refractivity contribution in [1.29, 1.82) is 0 Å². The van der Waals surface area contributed by atoms with Crippen LogP contribution in [0.5, 0.6) is 0 Å². The van der Waals surface area contributed by atoms with Crippen molar-refractivity contribution >= 4 is 0 Å². The van der Waals surface area contributed by atoms with Gasteiger partial charge in [0.05, 0.1) is 11.8 Å². The van der Waals surface area contributed by atoms with E-state index in [0.717, 1.165) is 24.9 Å². The third-order valence-electron chi connectivity index (χ3n) is 5.02. The molecule has 0 aliphatic heterocycles. The number of aliphatic hydroxyl groups is 1. The highest BCUT2D eigenvalue weighted by atomic mass is 16.3. The Bertz CT molecular complexity index is 577. The summed E-state index contributed by atoms with van der Waals surface area (Å²) in [5.41, 5.74) is 2.26. The summed E-state index contributed by atoms with van der Waals surface area (Å²) in [4.78, 5) is 0. The van der Waals surface area contributed by atoms with Crippen LogP contribution in [0.1, 0.15) is 44.6 Å². The Morgan fingerprint density at radius 2 is 2.15 bits per heavy atom.